The van der Waals surface area contributed by atoms with Gasteiger partial charge in [-0.15, -0.1) is 0 Å². The molecular formula is C40H54N8O7. The Morgan fingerprint density at radius 2 is 1.25 bits per heavy atom. The number of aliphatic hydroxyl groups excluding tert-OH is 2. The molecule has 7 N–H and O–H groups in total. The number of amides is 2. The van der Waals surface area contributed by atoms with E-state index in [1.54, 1.807) is 54.5 Å². The number of nitrogens with two attached hydrogens (primary N) is 1. The summed E-state index contributed by atoms with van der Waals surface area (Å²) in [6.45, 7) is 32.7. The molecule has 15 heteroatoms. The first-order chi connectivity index (χ1) is 25.9. The van der Waals surface area contributed by atoms with E-state index in [1.165, 1.54) is 12.5 Å². The van der Waals surface area contributed by atoms with Gasteiger partial charge in [0.15, 0.2) is 6.26 Å². The summed E-state index contributed by atoms with van der Waals surface area (Å²) in [7, 11) is 0. The number of nitriles is 1. The Bertz CT molecular complexity index is 1630. The van der Waals surface area contributed by atoms with Crippen LogP contribution in [-0.2, 0) is 27.1 Å². The topological polar surface area (TPSA) is 201 Å². The van der Waals surface area contributed by atoms with Crippen molar-refractivity contribution in [3.63, 3.8) is 0 Å². The highest BCUT2D eigenvalue weighted by Gasteiger charge is 2.26. The summed E-state index contributed by atoms with van der Waals surface area (Å²) in [4.78, 5) is 32.6. The zero-order chi connectivity index (χ0) is 41.9. The lowest BCUT2D eigenvalue weighted by molar-refractivity contribution is 0.0419. The third kappa shape index (κ3) is 24.7. The second-order valence-electron chi connectivity index (χ2n) is 13.6. The highest BCUT2D eigenvalue weighted by atomic mass is 16.6. The Hall–Kier alpha value is -6.10. The number of ether oxygens (including phenoxy) is 3. The molecule has 296 valence electrons. The van der Waals surface area contributed by atoms with Crippen molar-refractivity contribution < 1.29 is 34.0 Å². The van der Waals surface area contributed by atoms with E-state index in [0.717, 1.165) is 11.1 Å². The van der Waals surface area contributed by atoms with Crippen LogP contribution in [0.3, 0.4) is 0 Å². The summed E-state index contributed by atoms with van der Waals surface area (Å²) in [5, 5.41) is 37.2. The zero-order valence-corrected chi connectivity index (χ0v) is 32.6. The molecule has 55 heavy (non-hydrogen) atoms. The summed E-state index contributed by atoms with van der Waals surface area (Å²) in [6, 6.07) is 19.7. The number of rotatable bonds is 14. The fourth-order valence-electron chi connectivity index (χ4n) is 4.13. The quantitative estimate of drug-likeness (QED) is 0.0817. The van der Waals surface area contributed by atoms with Gasteiger partial charge in [-0.1, -0.05) is 60.7 Å². The molecule has 1 unspecified atom stereocenters. The molecule has 0 spiro atoms. The van der Waals surface area contributed by atoms with Gasteiger partial charge >= 0.3 is 18.0 Å². The van der Waals surface area contributed by atoms with E-state index < -0.39 is 47.7 Å². The Labute approximate surface area is 325 Å². The van der Waals surface area contributed by atoms with Gasteiger partial charge in [0.25, 0.3) is 5.70 Å². The van der Waals surface area contributed by atoms with Gasteiger partial charge in [-0.05, 0) is 72.4 Å². The number of nitrogens with one attached hydrogen (secondary N) is 3. The maximum atomic E-state index is 12.1. The van der Waals surface area contributed by atoms with Crippen LogP contribution in [-0.4, -0.2) is 77.6 Å². The number of carbonyl (C=O) groups is 2. The number of hydrogen-bond donors (Lipinski definition) is 6. The predicted octanol–water partition coefficient (Wildman–Crippen LogP) is 5.46. The fraction of sp³-hybridized carbons (Fsp3) is 0.450. The Kier molecular flexibility index (Phi) is 23.7. The smallest absolute Gasteiger partial charge is 0.505 e. The Morgan fingerprint density at radius 1 is 0.818 bits per heavy atom. The summed E-state index contributed by atoms with van der Waals surface area (Å²) >= 11 is 0. The molecule has 2 amide bonds. The number of allylic oxidation sites excluding steroid dienone is 1. The van der Waals surface area contributed by atoms with Crippen LogP contribution in [0.25, 0.3) is 14.5 Å². The van der Waals surface area contributed by atoms with E-state index in [9.17, 15) is 19.8 Å². The molecule has 0 aliphatic carbocycles. The summed E-state index contributed by atoms with van der Waals surface area (Å²) < 4.78 is 15.1. The molecule has 0 aromatic heterocycles. The van der Waals surface area contributed by atoms with Crippen LogP contribution in [0.1, 0.15) is 59.6 Å². The van der Waals surface area contributed by atoms with Crippen LogP contribution in [0.4, 0.5) is 9.59 Å². The molecule has 0 heterocycles. The van der Waals surface area contributed by atoms with E-state index in [1.807, 2.05) is 60.7 Å². The minimum atomic E-state index is -0.954. The normalized spacial score (nSPS) is 12.8. The SMILES string of the molecule is CC(C)(C)OC(=O)N[C@@H](Cc1ccccc1)[C@H](O)CN.[C-]#[N+]/C(C#N)=C\NCC(O)[C@H](Cc1ccccc1)NC(=O)OC(C)(C)C.[C-]#[N+]C(=COCC)[N+]#[C-]. The van der Waals surface area contributed by atoms with Gasteiger partial charge in [-0.3, -0.25) is 0 Å². The van der Waals surface area contributed by atoms with Crippen LogP contribution >= 0.6 is 0 Å². The van der Waals surface area contributed by atoms with Crippen molar-refractivity contribution in [1.29, 1.82) is 5.26 Å². The van der Waals surface area contributed by atoms with Crippen molar-refractivity contribution in [2.24, 2.45) is 5.73 Å². The lowest BCUT2D eigenvalue weighted by Crippen LogP contribution is -2.49. The summed E-state index contributed by atoms with van der Waals surface area (Å²) in [6.07, 6.45) is 0.368. The molecule has 0 saturated carbocycles. The van der Waals surface area contributed by atoms with E-state index in [-0.39, 0.29) is 24.6 Å². The highest BCUT2D eigenvalue weighted by molar-refractivity contribution is 5.68. The highest BCUT2D eigenvalue weighted by Crippen LogP contribution is 2.12. The molecule has 0 aliphatic rings. The zero-order valence-electron chi connectivity index (χ0n) is 32.6. The van der Waals surface area contributed by atoms with E-state index in [2.05, 4.69) is 35.2 Å². The monoisotopic (exact) mass is 758 g/mol. The number of hydrogen-bond acceptors (Lipinski definition) is 10. The predicted molar refractivity (Wildman–Crippen MR) is 209 cm³/mol. The second-order valence-corrected chi connectivity index (χ2v) is 13.6. The Morgan fingerprint density at radius 3 is 1.60 bits per heavy atom. The van der Waals surface area contributed by atoms with Gasteiger partial charge in [-0.25, -0.2) is 19.7 Å². The average Bonchev–Trinajstić information content (AvgIpc) is 3.13. The van der Waals surface area contributed by atoms with Gasteiger partial charge in [0.2, 0.25) is 0 Å². The fourth-order valence-corrected chi connectivity index (χ4v) is 4.13. The van der Waals surface area contributed by atoms with Crippen LogP contribution in [0.5, 0.6) is 0 Å². The van der Waals surface area contributed by atoms with Gasteiger partial charge in [0.1, 0.15) is 24.3 Å². The third-order valence-electron chi connectivity index (χ3n) is 6.56. The van der Waals surface area contributed by atoms with Crippen molar-refractivity contribution in [3.05, 3.63) is 130 Å². The molecule has 4 atom stereocenters. The standard InChI is InChI=1S/C19H24N4O3.C15H24N2O3.C6H6N2O/c1-19(2,3)26-18(25)23-16(10-14-8-6-5-7-9-14)17(24)13-22-12-15(11-20)21-4;1-15(2,3)20-14(19)17-12(13(18)10-16)9-11-7-5-4-6-8-11;1-4-9-5-6(7-2)8-3/h5-9,12,16-17,22,24H,10,13H2,1-3H3,(H,23,25);4-8,12-13,18H,9-10,16H2,1-3H3,(H,17,19);5H,4H2,1H3/b15-12-;;/t16-,17?;12-,13+;/m00./s1. The number of carbonyl (C=O) groups excluding carboxylic acids is 2. The maximum absolute atomic E-state index is 12.1. The van der Waals surface area contributed by atoms with Crippen molar-refractivity contribution in [1.82, 2.24) is 16.0 Å². The minimum Gasteiger partial charge on any atom is -0.505 e. The number of nitrogens with zero attached hydrogens (tertiary/aromatic N) is 4. The first-order valence-electron chi connectivity index (χ1n) is 17.3. The van der Waals surface area contributed by atoms with Crippen molar-refractivity contribution in [3.8, 4) is 6.07 Å². The molecule has 15 nitrogen and oxygen atoms in total. The molecule has 0 aliphatic heterocycles. The third-order valence-corrected chi connectivity index (χ3v) is 6.56. The van der Waals surface area contributed by atoms with Crippen molar-refractivity contribution >= 4 is 12.2 Å². The van der Waals surface area contributed by atoms with Gasteiger partial charge in [0.05, 0.1) is 43.5 Å². The number of benzene rings is 2. The molecule has 2 aromatic carbocycles. The molecular weight excluding hydrogens is 704 g/mol. The van der Waals surface area contributed by atoms with Gasteiger partial charge in [-0.2, -0.15) is 9.69 Å². The molecule has 0 bridgehead atoms. The molecule has 0 radical (unpaired) electrons. The number of aliphatic hydroxyl groups is 2. The molecule has 2 aromatic rings. The van der Waals surface area contributed by atoms with E-state index >= 15 is 0 Å². The van der Waals surface area contributed by atoms with Gasteiger partial charge < -0.3 is 46.1 Å². The molecule has 0 fully saturated rings. The molecule has 2 rings (SSSR count). The van der Waals surface area contributed by atoms with Crippen molar-refractivity contribution in [2.45, 2.75) is 96.8 Å². The minimum absolute atomic E-state index is 0.0307. The largest absolute Gasteiger partial charge is 0.554 e. The summed E-state index contributed by atoms with van der Waals surface area (Å²) in [5.41, 5.74) is 6.11. The van der Waals surface area contributed by atoms with Crippen LogP contribution in [0, 0.1) is 31.0 Å². The van der Waals surface area contributed by atoms with E-state index in [4.69, 9.17) is 40.2 Å². The average molecular weight is 759 g/mol. The van der Waals surface area contributed by atoms with Gasteiger partial charge in [0, 0.05) is 19.3 Å². The Balaban J connectivity index is 0.000000887. The van der Waals surface area contributed by atoms with Crippen molar-refractivity contribution in [2.75, 3.05) is 19.7 Å². The molecule has 0 saturated heterocycles. The van der Waals surface area contributed by atoms with Crippen LogP contribution in [0.15, 0.2) is 84.6 Å². The van der Waals surface area contributed by atoms with Crippen LogP contribution < -0.4 is 21.7 Å². The first kappa shape index (κ1) is 48.9. The first-order valence-corrected chi connectivity index (χ1v) is 17.3. The lowest BCUT2D eigenvalue weighted by Gasteiger charge is -2.27. The second kappa shape index (κ2) is 26.6. The maximum Gasteiger partial charge on any atom is 0.554 e. The van der Waals surface area contributed by atoms with E-state index in [0.29, 0.717) is 19.4 Å². The lowest BCUT2D eigenvalue weighted by atomic mass is 10.0. The number of alkyl carbamates (subject to hydrolysis) is 2. The van der Waals surface area contributed by atoms with Crippen LogP contribution in [0.2, 0.25) is 0 Å². The summed E-state index contributed by atoms with van der Waals surface area (Å²) in [5.74, 6) is -0.0307.